The largest absolute Gasteiger partial charge is 0.461 e. The van der Waals surface area contributed by atoms with Crippen LogP contribution in [0.4, 0.5) is 11.4 Å². The smallest absolute Gasteiger partial charge is 0.356 e. The highest BCUT2D eigenvalue weighted by Gasteiger charge is 2.16. The number of para-hydroxylation sites is 1. The molecule has 0 saturated carbocycles. The summed E-state index contributed by atoms with van der Waals surface area (Å²) in [6.45, 7) is 1.71. The number of nitrogens with zero attached hydrogens (tertiary/aromatic N) is 2. The Morgan fingerprint density at radius 2 is 1.89 bits per heavy atom. The number of anilines is 1. The van der Waals surface area contributed by atoms with Crippen LogP contribution >= 0.6 is 0 Å². The van der Waals surface area contributed by atoms with Crippen LogP contribution in [0.25, 0.3) is 0 Å². The first kappa shape index (κ1) is 20.1. The number of ether oxygens (including phenoxy) is 1. The number of benzene rings is 2. The lowest BCUT2D eigenvalue weighted by Crippen LogP contribution is -2.29. The van der Waals surface area contributed by atoms with E-state index < -0.39 is 16.8 Å². The van der Waals surface area contributed by atoms with E-state index in [2.05, 4.69) is 10.6 Å². The fourth-order valence-electron chi connectivity index (χ4n) is 2.14. The van der Waals surface area contributed by atoms with Crippen LogP contribution in [0.5, 0.6) is 0 Å². The van der Waals surface area contributed by atoms with E-state index >= 15 is 0 Å². The lowest BCUT2D eigenvalue weighted by atomic mass is 10.2. The van der Waals surface area contributed by atoms with E-state index in [-0.39, 0.29) is 23.6 Å². The van der Waals surface area contributed by atoms with E-state index in [1.165, 1.54) is 30.5 Å². The number of rotatable bonds is 7. The van der Waals surface area contributed by atoms with Gasteiger partial charge in [0.25, 0.3) is 11.6 Å². The molecule has 0 heterocycles. The van der Waals surface area contributed by atoms with Crippen molar-refractivity contribution in [2.45, 2.75) is 6.92 Å². The van der Waals surface area contributed by atoms with Gasteiger partial charge in [0.1, 0.15) is 11.8 Å². The van der Waals surface area contributed by atoms with Crippen LogP contribution < -0.4 is 10.6 Å². The van der Waals surface area contributed by atoms with Gasteiger partial charge in [-0.1, -0.05) is 12.1 Å². The van der Waals surface area contributed by atoms with Crippen molar-refractivity contribution >= 4 is 23.3 Å². The third-order valence-electron chi connectivity index (χ3n) is 3.50. The van der Waals surface area contributed by atoms with Gasteiger partial charge in [-0.25, -0.2) is 4.79 Å². The van der Waals surface area contributed by atoms with Crippen LogP contribution in [0.1, 0.15) is 22.8 Å². The van der Waals surface area contributed by atoms with Crippen LogP contribution in [-0.4, -0.2) is 23.4 Å². The molecule has 0 aliphatic rings. The number of carbonyl (C=O) groups excluding carboxylic acids is 2. The Morgan fingerprint density at radius 3 is 2.50 bits per heavy atom. The standard InChI is InChI=1S/C19H16N4O5/c1-2-28-19(25)17(12-21-16-6-4-3-5-14(16)11-20)22-18(24)13-7-9-15(10-8-13)23(26)27/h3-10,12,21H,2H2,1H3,(H,22,24). The molecule has 0 spiro atoms. The zero-order valence-corrected chi connectivity index (χ0v) is 14.8. The molecule has 9 heteroatoms. The highest BCUT2D eigenvalue weighted by atomic mass is 16.6. The van der Waals surface area contributed by atoms with Gasteiger partial charge in [-0.2, -0.15) is 5.26 Å². The van der Waals surface area contributed by atoms with Crippen LogP contribution in [0.15, 0.2) is 60.4 Å². The number of nitro benzene ring substituents is 1. The Balaban J connectivity index is 2.23. The van der Waals surface area contributed by atoms with Gasteiger partial charge in [0.05, 0.1) is 22.8 Å². The van der Waals surface area contributed by atoms with E-state index in [1.54, 1.807) is 31.2 Å². The molecule has 0 bridgehead atoms. The molecule has 142 valence electrons. The first-order valence-electron chi connectivity index (χ1n) is 8.15. The Kier molecular flexibility index (Phi) is 6.82. The molecule has 2 aromatic carbocycles. The zero-order chi connectivity index (χ0) is 20.5. The van der Waals surface area contributed by atoms with Crippen molar-refractivity contribution in [3.8, 4) is 6.07 Å². The summed E-state index contributed by atoms with van der Waals surface area (Å²) < 4.78 is 4.92. The van der Waals surface area contributed by atoms with Gasteiger partial charge in [-0.3, -0.25) is 14.9 Å². The molecule has 0 atom stereocenters. The average Bonchev–Trinajstić information content (AvgIpc) is 2.71. The summed E-state index contributed by atoms with van der Waals surface area (Å²) >= 11 is 0. The topological polar surface area (TPSA) is 134 Å². The summed E-state index contributed by atoms with van der Waals surface area (Å²) in [4.78, 5) is 34.6. The third kappa shape index (κ3) is 5.15. The normalized spacial score (nSPS) is 10.5. The van der Waals surface area contributed by atoms with Gasteiger partial charge in [-0.15, -0.1) is 0 Å². The minimum Gasteiger partial charge on any atom is -0.461 e. The molecule has 0 aliphatic heterocycles. The first-order chi connectivity index (χ1) is 13.5. The van der Waals surface area contributed by atoms with Crippen molar-refractivity contribution in [1.82, 2.24) is 5.32 Å². The molecule has 2 N–H and O–H groups in total. The summed E-state index contributed by atoms with van der Waals surface area (Å²) in [7, 11) is 0. The van der Waals surface area contributed by atoms with E-state index in [9.17, 15) is 19.7 Å². The number of nitriles is 1. The SMILES string of the molecule is CCOC(=O)C(=CNc1ccccc1C#N)NC(=O)c1ccc([N+](=O)[O-])cc1. The molecule has 9 nitrogen and oxygen atoms in total. The predicted octanol–water partition coefficient (Wildman–Crippen LogP) is 2.71. The van der Waals surface area contributed by atoms with Gasteiger partial charge in [0, 0.05) is 23.9 Å². The number of carbonyl (C=O) groups is 2. The van der Waals surface area contributed by atoms with Gasteiger partial charge < -0.3 is 15.4 Å². The van der Waals surface area contributed by atoms with Crippen molar-refractivity contribution in [1.29, 1.82) is 5.26 Å². The molecular formula is C19H16N4O5. The molecule has 0 unspecified atom stereocenters. The summed E-state index contributed by atoms with van der Waals surface area (Å²) in [5.41, 5.74) is 0.573. The van der Waals surface area contributed by atoms with E-state index in [0.29, 0.717) is 11.3 Å². The monoisotopic (exact) mass is 380 g/mol. The number of hydrogen-bond acceptors (Lipinski definition) is 7. The highest BCUT2D eigenvalue weighted by molar-refractivity contribution is 6.01. The minimum atomic E-state index is -0.778. The molecule has 2 aromatic rings. The summed E-state index contributed by atoms with van der Waals surface area (Å²) in [6, 6.07) is 13.5. The number of esters is 1. The number of amides is 1. The lowest BCUT2D eigenvalue weighted by Gasteiger charge is -2.10. The molecule has 1 amide bonds. The Morgan fingerprint density at radius 1 is 1.21 bits per heavy atom. The predicted molar refractivity (Wildman–Crippen MR) is 100 cm³/mol. The second-order valence-corrected chi connectivity index (χ2v) is 5.34. The van der Waals surface area contributed by atoms with Gasteiger partial charge in [-0.05, 0) is 31.2 Å². The second-order valence-electron chi connectivity index (χ2n) is 5.34. The van der Waals surface area contributed by atoms with Crippen molar-refractivity contribution in [2.75, 3.05) is 11.9 Å². The van der Waals surface area contributed by atoms with E-state index in [0.717, 1.165) is 0 Å². The van der Waals surface area contributed by atoms with Gasteiger partial charge >= 0.3 is 5.97 Å². The maximum Gasteiger partial charge on any atom is 0.356 e. The van der Waals surface area contributed by atoms with E-state index in [4.69, 9.17) is 10.00 Å². The average molecular weight is 380 g/mol. The summed E-state index contributed by atoms with van der Waals surface area (Å²) in [6.07, 6.45) is 1.22. The molecule has 0 radical (unpaired) electrons. The highest BCUT2D eigenvalue weighted by Crippen LogP contribution is 2.15. The number of nitro groups is 1. The molecule has 0 saturated heterocycles. The van der Waals surface area contributed by atoms with Crippen molar-refractivity contribution < 1.29 is 19.2 Å². The Hall–Kier alpha value is -4.19. The molecule has 2 rings (SSSR count). The minimum absolute atomic E-state index is 0.0956. The lowest BCUT2D eigenvalue weighted by molar-refractivity contribution is -0.384. The molecular weight excluding hydrogens is 364 g/mol. The summed E-state index contributed by atoms with van der Waals surface area (Å²) in [5.74, 6) is -1.43. The van der Waals surface area contributed by atoms with Gasteiger partial charge in [0.2, 0.25) is 0 Å². The maximum atomic E-state index is 12.4. The van der Waals surface area contributed by atoms with Crippen LogP contribution in [0, 0.1) is 21.4 Å². The number of hydrogen-bond donors (Lipinski definition) is 2. The fourth-order valence-corrected chi connectivity index (χ4v) is 2.14. The maximum absolute atomic E-state index is 12.4. The first-order valence-corrected chi connectivity index (χ1v) is 8.15. The summed E-state index contributed by atoms with van der Waals surface area (Å²) in [5, 5.41) is 25.0. The van der Waals surface area contributed by atoms with Crippen molar-refractivity contribution in [2.24, 2.45) is 0 Å². The third-order valence-corrected chi connectivity index (χ3v) is 3.50. The molecule has 28 heavy (non-hydrogen) atoms. The van der Waals surface area contributed by atoms with Crippen LogP contribution in [-0.2, 0) is 9.53 Å². The zero-order valence-electron chi connectivity index (χ0n) is 14.8. The van der Waals surface area contributed by atoms with E-state index in [1.807, 2.05) is 6.07 Å². The van der Waals surface area contributed by atoms with Gasteiger partial charge in [0.15, 0.2) is 0 Å². The van der Waals surface area contributed by atoms with Crippen LogP contribution in [0.2, 0.25) is 0 Å². The fraction of sp³-hybridized carbons (Fsp3) is 0.105. The van der Waals surface area contributed by atoms with Crippen LogP contribution in [0.3, 0.4) is 0 Å². The van der Waals surface area contributed by atoms with Crippen molar-refractivity contribution in [3.63, 3.8) is 0 Å². The molecule has 0 aliphatic carbocycles. The molecule has 0 fully saturated rings. The number of nitrogens with one attached hydrogen (secondary N) is 2. The van der Waals surface area contributed by atoms with Crippen molar-refractivity contribution in [3.05, 3.63) is 81.7 Å². The Bertz CT molecular complexity index is 961. The molecule has 0 aromatic heterocycles. The Labute approximate surface area is 160 Å². The number of non-ortho nitro benzene ring substituents is 1. The quantitative estimate of drug-likeness (QED) is 0.326. The second kappa shape index (κ2) is 9.49.